The van der Waals surface area contributed by atoms with Crippen LogP contribution < -0.4 is 15.4 Å². The Morgan fingerprint density at radius 2 is 2.15 bits per heavy atom. The lowest BCUT2D eigenvalue weighted by Crippen LogP contribution is -2.50. The van der Waals surface area contributed by atoms with Crippen LogP contribution in [0.1, 0.15) is 13.8 Å². The van der Waals surface area contributed by atoms with Crippen molar-refractivity contribution in [2.75, 3.05) is 13.2 Å². The van der Waals surface area contributed by atoms with Crippen molar-refractivity contribution in [1.82, 2.24) is 20.8 Å². The monoisotopic (exact) mass is 392 g/mol. The Morgan fingerprint density at radius 1 is 1.37 bits per heavy atom. The highest BCUT2D eigenvalue weighted by atomic mass is 35.5. The molecule has 1 aliphatic heterocycles. The molecule has 2 amide bonds. The van der Waals surface area contributed by atoms with Crippen LogP contribution in [-0.4, -0.2) is 41.4 Å². The third-order valence-corrected chi connectivity index (χ3v) is 4.06. The van der Waals surface area contributed by atoms with Crippen molar-refractivity contribution in [3.05, 3.63) is 40.6 Å². The van der Waals surface area contributed by atoms with Gasteiger partial charge in [0.1, 0.15) is 6.61 Å². The maximum Gasteiger partial charge on any atom is 0.418 e. The molecule has 27 heavy (non-hydrogen) atoms. The number of esters is 1. The Kier molecular flexibility index (Phi) is 5.60. The Hall–Kier alpha value is -3.07. The molecule has 2 heterocycles. The lowest BCUT2D eigenvalue weighted by atomic mass is 10.0. The molecule has 1 aromatic heterocycles. The van der Waals surface area contributed by atoms with Crippen LogP contribution >= 0.6 is 11.6 Å². The van der Waals surface area contributed by atoms with Gasteiger partial charge in [-0.15, -0.1) is 0 Å². The van der Waals surface area contributed by atoms with Gasteiger partial charge in [-0.2, -0.15) is 4.98 Å². The number of benzene rings is 1. The van der Waals surface area contributed by atoms with Crippen LogP contribution in [0.3, 0.4) is 0 Å². The largest absolute Gasteiger partial charge is 0.463 e. The van der Waals surface area contributed by atoms with E-state index >= 15 is 0 Å². The minimum Gasteiger partial charge on any atom is -0.463 e. The van der Waals surface area contributed by atoms with Crippen LogP contribution in [0.25, 0.3) is 11.4 Å². The van der Waals surface area contributed by atoms with Crippen molar-refractivity contribution in [2.45, 2.75) is 19.9 Å². The Labute approximate surface area is 159 Å². The molecule has 9 nitrogen and oxygen atoms in total. The van der Waals surface area contributed by atoms with Gasteiger partial charge in [0.05, 0.1) is 28.9 Å². The van der Waals surface area contributed by atoms with Crippen molar-refractivity contribution in [3.8, 4) is 17.5 Å². The lowest BCUT2D eigenvalue weighted by molar-refractivity contribution is -0.139. The second-order valence-corrected chi connectivity index (χ2v) is 5.99. The Morgan fingerprint density at radius 3 is 2.89 bits per heavy atom. The molecule has 1 aliphatic rings. The van der Waals surface area contributed by atoms with Gasteiger partial charge in [0, 0.05) is 5.56 Å². The zero-order valence-corrected chi connectivity index (χ0v) is 15.4. The molecule has 1 aromatic carbocycles. The normalized spacial score (nSPS) is 16.6. The van der Waals surface area contributed by atoms with Crippen LogP contribution in [0.4, 0.5) is 4.79 Å². The number of nitrogens with one attached hydrogen (secondary N) is 2. The number of carbonyl (C=O) groups excluding carboxylic acids is 2. The first-order chi connectivity index (χ1) is 13.0. The number of hydrogen-bond donors (Lipinski definition) is 2. The van der Waals surface area contributed by atoms with E-state index in [2.05, 4.69) is 20.8 Å². The number of halogens is 1. The van der Waals surface area contributed by atoms with E-state index in [0.717, 1.165) is 0 Å². The molecule has 2 N–H and O–H groups in total. The van der Waals surface area contributed by atoms with Gasteiger partial charge in [0.2, 0.25) is 5.82 Å². The summed E-state index contributed by atoms with van der Waals surface area (Å²) < 4.78 is 15.5. The van der Waals surface area contributed by atoms with Crippen LogP contribution in [0.2, 0.25) is 5.02 Å². The zero-order valence-electron chi connectivity index (χ0n) is 14.6. The summed E-state index contributed by atoms with van der Waals surface area (Å²) in [6, 6.07) is 6.05. The van der Waals surface area contributed by atoms with E-state index in [-0.39, 0.29) is 36.4 Å². The topological polar surface area (TPSA) is 116 Å². The number of urea groups is 1. The summed E-state index contributed by atoms with van der Waals surface area (Å²) in [4.78, 5) is 28.0. The molecular weight excluding hydrogens is 376 g/mol. The second kappa shape index (κ2) is 8.09. The van der Waals surface area contributed by atoms with Gasteiger partial charge in [0.15, 0.2) is 0 Å². The summed E-state index contributed by atoms with van der Waals surface area (Å²) in [5.74, 6) is -0.281. The Balaban J connectivity index is 1.78. The fourth-order valence-corrected chi connectivity index (χ4v) is 2.77. The minimum absolute atomic E-state index is 0.124. The molecule has 1 atom stereocenters. The van der Waals surface area contributed by atoms with E-state index in [4.69, 9.17) is 25.6 Å². The fourth-order valence-electron chi connectivity index (χ4n) is 2.55. The molecule has 3 rings (SSSR count). The van der Waals surface area contributed by atoms with E-state index in [9.17, 15) is 9.59 Å². The molecule has 0 bridgehead atoms. The summed E-state index contributed by atoms with van der Waals surface area (Å²) in [7, 11) is 0. The number of ether oxygens (including phenoxy) is 2. The fraction of sp³-hybridized carbons (Fsp3) is 0.294. The van der Waals surface area contributed by atoms with Crippen molar-refractivity contribution < 1.29 is 23.6 Å². The number of carbonyl (C=O) groups is 2. The molecule has 1 unspecified atom stereocenters. The first kappa shape index (κ1) is 18.7. The summed E-state index contributed by atoms with van der Waals surface area (Å²) in [5.41, 5.74) is 1.12. The maximum atomic E-state index is 12.2. The molecule has 0 saturated carbocycles. The summed E-state index contributed by atoms with van der Waals surface area (Å²) in [5, 5.41) is 9.44. The lowest BCUT2D eigenvalue weighted by Gasteiger charge is -2.26. The zero-order chi connectivity index (χ0) is 19.4. The molecule has 2 aromatic rings. The summed E-state index contributed by atoms with van der Waals surface area (Å²) >= 11 is 6.11. The second-order valence-electron chi connectivity index (χ2n) is 5.59. The van der Waals surface area contributed by atoms with Crippen LogP contribution in [-0.2, 0) is 9.53 Å². The summed E-state index contributed by atoms with van der Waals surface area (Å²) in [6.45, 7) is 3.42. The highest BCUT2D eigenvalue weighted by Crippen LogP contribution is 2.26. The van der Waals surface area contributed by atoms with Gasteiger partial charge in [-0.05, 0) is 26.0 Å². The van der Waals surface area contributed by atoms with Gasteiger partial charge in [-0.25, -0.2) is 9.59 Å². The van der Waals surface area contributed by atoms with Gasteiger partial charge in [-0.3, -0.25) is 4.52 Å². The number of hydrogen-bond acceptors (Lipinski definition) is 7. The van der Waals surface area contributed by atoms with Crippen molar-refractivity contribution in [1.29, 1.82) is 0 Å². The third-order valence-electron chi connectivity index (χ3n) is 3.73. The standard InChI is InChI=1S/C17H17ClN4O5/c1-3-25-15(23)13-9(2)19-16(24)20-12(13)8-26-17-21-14(22-27-17)10-6-4-5-7-11(10)18/h4-7,9H,3,8H2,1-2H3,(H2,19,20,24). The van der Waals surface area contributed by atoms with Crippen LogP contribution in [0.5, 0.6) is 6.08 Å². The van der Waals surface area contributed by atoms with E-state index in [1.165, 1.54) is 0 Å². The molecular formula is C17H17ClN4O5. The molecule has 0 aliphatic carbocycles. The predicted molar refractivity (Wildman–Crippen MR) is 95.0 cm³/mol. The molecule has 10 heteroatoms. The smallest absolute Gasteiger partial charge is 0.418 e. The van der Waals surface area contributed by atoms with E-state index in [1.54, 1.807) is 38.1 Å². The van der Waals surface area contributed by atoms with Gasteiger partial charge >= 0.3 is 18.1 Å². The molecule has 0 fully saturated rings. The first-order valence-electron chi connectivity index (χ1n) is 8.18. The highest BCUT2D eigenvalue weighted by Gasteiger charge is 2.30. The van der Waals surface area contributed by atoms with Gasteiger partial charge in [0.25, 0.3) is 0 Å². The number of amides is 2. The van der Waals surface area contributed by atoms with Crippen LogP contribution in [0.15, 0.2) is 40.1 Å². The maximum absolute atomic E-state index is 12.2. The van der Waals surface area contributed by atoms with Crippen LogP contribution in [0, 0.1) is 0 Å². The van der Waals surface area contributed by atoms with E-state index in [1.807, 2.05) is 0 Å². The first-order valence-corrected chi connectivity index (χ1v) is 8.56. The molecule has 0 saturated heterocycles. The van der Waals surface area contributed by atoms with Crippen molar-refractivity contribution >= 4 is 23.6 Å². The average molecular weight is 393 g/mol. The number of aromatic nitrogens is 2. The highest BCUT2D eigenvalue weighted by molar-refractivity contribution is 6.33. The molecule has 0 radical (unpaired) electrons. The van der Waals surface area contributed by atoms with Crippen molar-refractivity contribution in [2.24, 2.45) is 0 Å². The number of rotatable bonds is 6. The summed E-state index contributed by atoms with van der Waals surface area (Å²) in [6.07, 6.45) is -0.124. The average Bonchev–Trinajstić information content (AvgIpc) is 3.08. The number of nitrogens with zero attached hydrogens (tertiary/aromatic N) is 2. The predicted octanol–water partition coefficient (Wildman–Crippen LogP) is 2.29. The van der Waals surface area contributed by atoms with E-state index in [0.29, 0.717) is 10.6 Å². The Bertz CT molecular complexity index is 895. The third kappa shape index (κ3) is 4.20. The molecule has 0 spiro atoms. The van der Waals surface area contributed by atoms with Gasteiger partial charge < -0.3 is 20.1 Å². The van der Waals surface area contributed by atoms with Gasteiger partial charge in [-0.1, -0.05) is 28.9 Å². The quantitative estimate of drug-likeness (QED) is 0.724. The SMILES string of the molecule is CCOC(=O)C1=C(COc2nc(-c3ccccc3Cl)no2)NC(=O)NC1C. The molecule has 142 valence electrons. The van der Waals surface area contributed by atoms with E-state index < -0.39 is 18.0 Å². The minimum atomic E-state index is -0.543. The van der Waals surface area contributed by atoms with Crippen molar-refractivity contribution in [3.63, 3.8) is 0 Å².